The van der Waals surface area contributed by atoms with Crippen LogP contribution in [-0.4, -0.2) is 24.5 Å². The van der Waals surface area contributed by atoms with Crippen molar-refractivity contribution in [3.63, 3.8) is 0 Å². The van der Waals surface area contributed by atoms with Gasteiger partial charge in [-0.15, -0.1) is 24.0 Å². The fourth-order valence-corrected chi connectivity index (χ4v) is 1.70. The van der Waals surface area contributed by atoms with Crippen molar-refractivity contribution in [2.45, 2.75) is 19.4 Å². The zero-order valence-corrected chi connectivity index (χ0v) is 13.7. The number of benzene rings is 1. The highest BCUT2D eigenvalue weighted by molar-refractivity contribution is 14.0. The molecule has 1 aliphatic carbocycles. The van der Waals surface area contributed by atoms with Crippen molar-refractivity contribution >= 4 is 35.6 Å². The van der Waals surface area contributed by atoms with E-state index in [-0.39, 0.29) is 29.7 Å². The van der Waals surface area contributed by atoms with Crippen LogP contribution in [0.2, 0.25) is 0 Å². The van der Waals surface area contributed by atoms with Gasteiger partial charge in [-0.2, -0.15) is 0 Å². The van der Waals surface area contributed by atoms with Gasteiger partial charge in [0.15, 0.2) is 5.96 Å². The van der Waals surface area contributed by atoms with Gasteiger partial charge < -0.3 is 10.6 Å². The summed E-state index contributed by atoms with van der Waals surface area (Å²) in [6.07, 6.45) is 2.60. The molecule has 7 heteroatoms. The molecule has 1 saturated carbocycles. The van der Waals surface area contributed by atoms with Crippen molar-refractivity contribution in [2.75, 3.05) is 13.6 Å². The van der Waals surface area contributed by atoms with E-state index in [1.165, 1.54) is 25.0 Å². The summed E-state index contributed by atoms with van der Waals surface area (Å²) in [5, 5.41) is 17.0. The van der Waals surface area contributed by atoms with E-state index in [1.54, 1.807) is 19.2 Å². The number of hydrogen-bond acceptors (Lipinski definition) is 3. The first-order chi connectivity index (χ1) is 9.19. The molecular weight excluding hydrogens is 371 g/mol. The lowest BCUT2D eigenvalue weighted by Gasteiger charge is -2.11. The summed E-state index contributed by atoms with van der Waals surface area (Å²) in [6, 6.07) is 6.52. The summed E-state index contributed by atoms with van der Waals surface area (Å²) in [5.41, 5.74) is 1.10. The second kappa shape index (κ2) is 8.03. The molecule has 110 valence electrons. The zero-order valence-electron chi connectivity index (χ0n) is 11.3. The van der Waals surface area contributed by atoms with Gasteiger partial charge in [-0.05, 0) is 24.3 Å². The maximum absolute atomic E-state index is 10.5. The van der Waals surface area contributed by atoms with Crippen LogP contribution in [0.1, 0.15) is 18.4 Å². The van der Waals surface area contributed by atoms with E-state index in [0.717, 1.165) is 24.0 Å². The van der Waals surface area contributed by atoms with E-state index in [1.807, 2.05) is 0 Å². The van der Waals surface area contributed by atoms with Crippen molar-refractivity contribution < 1.29 is 4.92 Å². The molecule has 0 saturated heterocycles. The maximum atomic E-state index is 10.5. The van der Waals surface area contributed by atoms with E-state index in [2.05, 4.69) is 15.6 Å². The third-order valence-electron chi connectivity index (χ3n) is 3.09. The number of hydrogen-bond donors (Lipinski definition) is 2. The third-order valence-corrected chi connectivity index (χ3v) is 3.09. The van der Waals surface area contributed by atoms with Crippen molar-refractivity contribution in [3.05, 3.63) is 39.9 Å². The van der Waals surface area contributed by atoms with Crippen LogP contribution in [0, 0.1) is 16.0 Å². The van der Waals surface area contributed by atoms with Crippen LogP contribution in [-0.2, 0) is 6.54 Å². The summed E-state index contributed by atoms with van der Waals surface area (Å²) in [5.74, 6) is 1.56. The van der Waals surface area contributed by atoms with Crippen LogP contribution in [0.4, 0.5) is 5.69 Å². The molecular formula is C13H19IN4O2. The number of non-ortho nitro benzene ring substituents is 1. The van der Waals surface area contributed by atoms with Gasteiger partial charge in [0.05, 0.1) is 4.92 Å². The Morgan fingerprint density at radius 2 is 2.00 bits per heavy atom. The van der Waals surface area contributed by atoms with Crippen molar-refractivity contribution in [2.24, 2.45) is 10.9 Å². The molecule has 1 fully saturated rings. The minimum absolute atomic E-state index is 0. The Bertz CT molecular complexity index is 472. The van der Waals surface area contributed by atoms with Crippen molar-refractivity contribution in [3.8, 4) is 0 Å². The molecule has 0 amide bonds. The number of nitro benzene ring substituents is 1. The highest BCUT2D eigenvalue weighted by Gasteiger charge is 2.20. The van der Waals surface area contributed by atoms with Gasteiger partial charge in [0.2, 0.25) is 0 Å². The molecule has 1 aromatic carbocycles. The number of halogens is 1. The van der Waals surface area contributed by atoms with Crippen LogP contribution >= 0.6 is 24.0 Å². The summed E-state index contributed by atoms with van der Waals surface area (Å²) in [7, 11) is 1.73. The first-order valence-corrected chi connectivity index (χ1v) is 6.37. The third kappa shape index (κ3) is 5.32. The summed E-state index contributed by atoms with van der Waals surface area (Å²) in [6.45, 7) is 1.56. The topological polar surface area (TPSA) is 79.6 Å². The number of rotatable bonds is 5. The standard InChI is InChI=1S/C13H18N4O2.HI/c1-14-13(15-8-10-2-3-10)16-9-11-4-6-12(7-5-11)17(18)19;/h4-7,10H,2-3,8-9H2,1H3,(H2,14,15,16);1H. The predicted molar refractivity (Wildman–Crippen MR) is 89.4 cm³/mol. The molecule has 2 rings (SSSR count). The SMILES string of the molecule is CN=C(NCc1ccc([N+](=O)[O-])cc1)NCC1CC1.I. The van der Waals surface area contributed by atoms with Crippen molar-refractivity contribution in [1.29, 1.82) is 0 Å². The average molecular weight is 390 g/mol. The van der Waals surface area contributed by atoms with E-state index < -0.39 is 4.92 Å². The normalized spacial score (nSPS) is 14.3. The summed E-state index contributed by atoms with van der Waals surface area (Å²) < 4.78 is 0. The van der Waals surface area contributed by atoms with Gasteiger partial charge in [-0.1, -0.05) is 12.1 Å². The number of aliphatic imine (C=N–C) groups is 1. The minimum Gasteiger partial charge on any atom is -0.356 e. The van der Waals surface area contributed by atoms with Crippen LogP contribution in [0.3, 0.4) is 0 Å². The first kappa shape index (κ1) is 16.7. The van der Waals surface area contributed by atoms with Crippen molar-refractivity contribution in [1.82, 2.24) is 10.6 Å². The highest BCUT2D eigenvalue weighted by Crippen LogP contribution is 2.27. The van der Waals surface area contributed by atoms with Crippen LogP contribution in [0.15, 0.2) is 29.3 Å². The van der Waals surface area contributed by atoms with Gasteiger partial charge in [-0.3, -0.25) is 15.1 Å². The lowest BCUT2D eigenvalue weighted by molar-refractivity contribution is -0.384. The molecule has 0 aliphatic heterocycles. The predicted octanol–water partition coefficient (Wildman–Crippen LogP) is 2.29. The highest BCUT2D eigenvalue weighted by atomic mass is 127. The maximum Gasteiger partial charge on any atom is 0.269 e. The first-order valence-electron chi connectivity index (χ1n) is 6.37. The van der Waals surface area contributed by atoms with E-state index in [4.69, 9.17) is 0 Å². The zero-order chi connectivity index (χ0) is 13.7. The Kier molecular flexibility index (Phi) is 6.69. The monoisotopic (exact) mass is 390 g/mol. The Balaban J connectivity index is 0.00000200. The molecule has 0 radical (unpaired) electrons. The smallest absolute Gasteiger partial charge is 0.269 e. The molecule has 0 unspecified atom stereocenters. The van der Waals surface area contributed by atoms with Crippen LogP contribution < -0.4 is 10.6 Å². The molecule has 0 atom stereocenters. The molecule has 20 heavy (non-hydrogen) atoms. The van der Waals surface area contributed by atoms with E-state index in [0.29, 0.717) is 6.54 Å². The molecule has 0 bridgehead atoms. The molecule has 0 heterocycles. The lowest BCUT2D eigenvalue weighted by Crippen LogP contribution is -2.37. The number of nitro groups is 1. The quantitative estimate of drug-likeness (QED) is 0.266. The molecule has 1 aromatic rings. The molecule has 0 aromatic heterocycles. The Hall–Kier alpha value is -1.38. The van der Waals surface area contributed by atoms with Gasteiger partial charge >= 0.3 is 0 Å². The summed E-state index contributed by atoms with van der Waals surface area (Å²) >= 11 is 0. The number of nitrogens with one attached hydrogen (secondary N) is 2. The van der Waals surface area contributed by atoms with E-state index in [9.17, 15) is 10.1 Å². The van der Waals surface area contributed by atoms with Gasteiger partial charge in [0, 0.05) is 32.3 Å². The molecule has 1 aliphatic rings. The average Bonchev–Trinajstić information content (AvgIpc) is 3.23. The Morgan fingerprint density at radius 1 is 1.35 bits per heavy atom. The lowest BCUT2D eigenvalue weighted by atomic mass is 10.2. The molecule has 0 spiro atoms. The largest absolute Gasteiger partial charge is 0.356 e. The molecule has 2 N–H and O–H groups in total. The Labute approximate surface area is 135 Å². The minimum atomic E-state index is -0.396. The van der Waals surface area contributed by atoms with Gasteiger partial charge in [0.1, 0.15) is 0 Å². The fourth-order valence-electron chi connectivity index (χ4n) is 1.70. The Morgan fingerprint density at radius 3 is 2.50 bits per heavy atom. The van der Waals surface area contributed by atoms with Crippen LogP contribution in [0.5, 0.6) is 0 Å². The van der Waals surface area contributed by atoms with Crippen LogP contribution in [0.25, 0.3) is 0 Å². The second-order valence-corrected chi connectivity index (χ2v) is 4.67. The van der Waals surface area contributed by atoms with Gasteiger partial charge in [-0.25, -0.2) is 0 Å². The number of guanidine groups is 1. The van der Waals surface area contributed by atoms with Gasteiger partial charge in [0.25, 0.3) is 5.69 Å². The number of nitrogens with zero attached hydrogens (tertiary/aromatic N) is 2. The fraction of sp³-hybridized carbons (Fsp3) is 0.462. The summed E-state index contributed by atoms with van der Waals surface area (Å²) in [4.78, 5) is 14.3. The molecule has 6 nitrogen and oxygen atoms in total. The second-order valence-electron chi connectivity index (χ2n) is 4.67. The van der Waals surface area contributed by atoms with E-state index >= 15 is 0 Å².